The molecule has 0 aliphatic heterocycles. The Morgan fingerprint density at radius 2 is 2.25 bits per heavy atom. The van der Waals surface area contributed by atoms with Crippen LogP contribution < -0.4 is 10.2 Å². The minimum absolute atomic E-state index is 0.326. The van der Waals surface area contributed by atoms with Crippen molar-refractivity contribution in [1.29, 1.82) is 0 Å². The maximum Gasteiger partial charge on any atom is 0.290 e. The fourth-order valence-corrected chi connectivity index (χ4v) is 1.88. The van der Waals surface area contributed by atoms with Crippen LogP contribution in [0.3, 0.4) is 0 Å². The van der Waals surface area contributed by atoms with Crippen molar-refractivity contribution in [1.82, 2.24) is 10.4 Å². The summed E-state index contributed by atoms with van der Waals surface area (Å²) in [5.74, 6) is 0.432. The Morgan fingerprint density at radius 1 is 1.45 bits per heavy atom. The van der Waals surface area contributed by atoms with E-state index in [1.165, 1.54) is 11.3 Å². The number of hydrogen-bond acceptors (Lipinski definition) is 5. The van der Waals surface area contributed by atoms with Gasteiger partial charge in [0.25, 0.3) is 5.91 Å². The van der Waals surface area contributed by atoms with E-state index in [1.807, 2.05) is 24.3 Å². The number of rotatable bonds is 6. The molecular formula is C14H13N3O2S. The normalized spacial score (nSPS) is 10.4. The van der Waals surface area contributed by atoms with Gasteiger partial charge in [0.15, 0.2) is 0 Å². The summed E-state index contributed by atoms with van der Waals surface area (Å²) in [7, 11) is 0. The maximum atomic E-state index is 11.6. The van der Waals surface area contributed by atoms with Crippen LogP contribution in [0.2, 0.25) is 0 Å². The van der Waals surface area contributed by atoms with Gasteiger partial charge in [-0.1, -0.05) is 12.7 Å². The zero-order chi connectivity index (χ0) is 14.2. The Bertz CT molecular complexity index is 591. The van der Waals surface area contributed by atoms with E-state index in [0.717, 1.165) is 11.3 Å². The molecule has 1 aromatic carbocycles. The summed E-state index contributed by atoms with van der Waals surface area (Å²) in [4.78, 5) is 15.4. The van der Waals surface area contributed by atoms with Crippen LogP contribution in [0, 0.1) is 0 Å². The predicted octanol–water partition coefficient (Wildman–Crippen LogP) is 2.47. The lowest BCUT2D eigenvalue weighted by atomic mass is 10.2. The first kappa shape index (κ1) is 14.0. The van der Waals surface area contributed by atoms with Crippen LogP contribution in [0.15, 0.2) is 52.9 Å². The van der Waals surface area contributed by atoms with E-state index >= 15 is 0 Å². The van der Waals surface area contributed by atoms with Gasteiger partial charge in [0.05, 0.1) is 11.7 Å². The SMILES string of the molecule is C=CCOc1ccc(C=NNC(=O)c2cscn2)cc1. The van der Waals surface area contributed by atoms with Gasteiger partial charge in [-0.15, -0.1) is 11.3 Å². The standard InChI is InChI=1S/C14H13N3O2S/c1-2-7-19-12-5-3-11(4-6-12)8-16-17-14(18)13-9-20-10-15-13/h2-6,8-10H,1,7H2,(H,17,18). The van der Waals surface area contributed by atoms with Gasteiger partial charge in [-0.2, -0.15) is 5.10 Å². The van der Waals surface area contributed by atoms with Gasteiger partial charge in [-0.05, 0) is 29.8 Å². The molecule has 0 radical (unpaired) electrons. The van der Waals surface area contributed by atoms with Crippen LogP contribution in [0.25, 0.3) is 0 Å². The Labute approximate surface area is 120 Å². The first-order valence-electron chi connectivity index (χ1n) is 5.85. The fourth-order valence-electron chi connectivity index (χ4n) is 1.35. The highest BCUT2D eigenvalue weighted by Gasteiger charge is 2.04. The summed E-state index contributed by atoms with van der Waals surface area (Å²) in [5, 5.41) is 5.54. The van der Waals surface area contributed by atoms with Crippen LogP contribution in [-0.4, -0.2) is 23.7 Å². The minimum atomic E-state index is -0.326. The lowest BCUT2D eigenvalue weighted by molar-refractivity contribution is 0.0951. The molecule has 0 aliphatic carbocycles. The Balaban J connectivity index is 1.88. The van der Waals surface area contributed by atoms with Crippen molar-refractivity contribution in [2.75, 3.05) is 6.61 Å². The largest absolute Gasteiger partial charge is 0.490 e. The second-order valence-electron chi connectivity index (χ2n) is 3.74. The quantitative estimate of drug-likeness (QED) is 0.504. The van der Waals surface area contributed by atoms with Crippen LogP contribution in [0.1, 0.15) is 16.1 Å². The zero-order valence-electron chi connectivity index (χ0n) is 10.7. The molecule has 0 unspecified atom stereocenters. The van der Waals surface area contributed by atoms with Gasteiger partial charge in [0, 0.05) is 5.38 Å². The van der Waals surface area contributed by atoms with E-state index in [2.05, 4.69) is 22.1 Å². The van der Waals surface area contributed by atoms with E-state index in [0.29, 0.717) is 12.3 Å². The first-order valence-corrected chi connectivity index (χ1v) is 6.79. The minimum Gasteiger partial charge on any atom is -0.490 e. The van der Waals surface area contributed by atoms with Crippen LogP contribution in [0.4, 0.5) is 0 Å². The lowest BCUT2D eigenvalue weighted by Crippen LogP contribution is -2.17. The lowest BCUT2D eigenvalue weighted by Gasteiger charge is -2.02. The molecule has 0 saturated heterocycles. The van der Waals surface area contributed by atoms with Gasteiger partial charge >= 0.3 is 0 Å². The summed E-state index contributed by atoms with van der Waals surface area (Å²) in [6.45, 7) is 4.05. The molecule has 6 heteroatoms. The van der Waals surface area contributed by atoms with E-state index in [-0.39, 0.29) is 5.91 Å². The number of thiazole rings is 1. The van der Waals surface area contributed by atoms with Crippen molar-refractivity contribution < 1.29 is 9.53 Å². The second kappa shape index (κ2) is 7.20. The maximum absolute atomic E-state index is 11.6. The van der Waals surface area contributed by atoms with Crippen LogP contribution in [0.5, 0.6) is 5.75 Å². The summed E-state index contributed by atoms with van der Waals surface area (Å²) in [6.07, 6.45) is 3.24. The molecular weight excluding hydrogens is 274 g/mol. The molecule has 2 aromatic rings. The molecule has 0 bridgehead atoms. The number of benzene rings is 1. The van der Waals surface area contributed by atoms with Crippen molar-refractivity contribution in [3.8, 4) is 5.75 Å². The number of ether oxygens (including phenoxy) is 1. The number of nitrogens with zero attached hydrogens (tertiary/aromatic N) is 2. The molecule has 1 amide bonds. The summed E-state index contributed by atoms with van der Waals surface area (Å²) in [6, 6.07) is 7.34. The molecule has 0 aliphatic rings. The molecule has 0 atom stereocenters. The third-order valence-corrected chi connectivity index (χ3v) is 2.88. The number of aromatic nitrogens is 1. The number of hydrazone groups is 1. The topological polar surface area (TPSA) is 63.6 Å². The van der Waals surface area contributed by atoms with Gasteiger partial charge < -0.3 is 4.74 Å². The number of carbonyl (C=O) groups excluding carboxylic acids is 1. The number of hydrogen-bond donors (Lipinski definition) is 1. The Kier molecular flexibility index (Phi) is 5.02. The predicted molar refractivity (Wildman–Crippen MR) is 79.3 cm³/mol. The highest BCUT2D eigenvalue weighted by molar-refractivity contribution is 7.07. The molecule has 0 saturated carbocycles. The van der Waals surface area contributed by atoms with Gasteiger partial charge in [-0.3, -0.25) is 4.79 Å². The Hall–Kier alpha value is -2.47. The van der Waals surface area contributed by atoms with Gasteiger partial charge in [-0.25, -0.2) is 10.4 Å². The monoisotopic (exact) mass is 287 g/mol. The molecule has 0 fully saturated rings. The fraction of sp³-hybridized carbons (Fsp3) is 0.0714. The van der Waals surface area contributed by atoms with E-state index < -0.39 is 0 Å². The smallest absolute Gasteiger partial charge is 0.290 e. The highest BCUT2D eigenvalue weighted by Crippen LogP contribution is 2.10. The van der Waals surface area contributed by atoms with Crippen LogP contribution >= 0.6 is 11.3 Å². The summed E-state index contributed by atoms with van der Waals surface area (Å²) in [5.41, 5.74) is 5.23. The zero-order valence-corrected chi connectivity index (χ0v) is 11.5. The molecule has 20 heavy (non-hydrogen) atoms. The number of carbonyl (C=O) groups is 1. The van der Waals surface area contributed by atoms with E-state index in [4.69, 9.17) is 4.74 Å². The summed E-state index contributed by atoms with van der Waals surface area (Å²) < 4.78 is 5.36. The van der Waals surface area contributed by atoms with Crippen LogP contribution in [-0.2, 0) is 0 Å². The first-order chi connectivity index (χ1) is 9.79. The number of amides is 1. The van der Waals surface area contributed by atoms with Gasteiger partial charge in [0.2, 0.25) is 0 Å². The molecule has 1 heterocycles. The van der Waals surface area contributed by atoms with E-state index in [9.17, 15) is 4.79 Å². The highest BCUT2D eigenvalue weighted by atomic mass is 32.1. The van der Waals surface area contributed by atoms with Crippen molar-refractivity contribution in [3.05, 3.63) is 59.1 Å². The molecule has 1 N–H and O–H groups in total. The third kappa shape index (κ3) is 4.03. The average molecular weight is 287 g/mol. The third-order valence-electron chi connectivity index (χ3n) is 2.29. The van der Waals surface area contributed by atoms with Gasteiger partial charge in [0.1, 0.15) is 18.1 Å². The molecule has 5 nitrogen and oxygen atoms in total. The average Bonchev–Trinajstić information content (AvgIpc) is 3.00. The van der Waals surface area contributed by atoms with E-state index in [1.54, 1.807) is 23.2 Å². The molecule has 2 rings (SSSR count). The molecule has 0 spiro atoms. The van der Waals surface area contributed by atoms with Crippen molar-refractivity contribution in [2.45, 2.75) is 0 Å². The van der Waals surface area contributed by atoms with Crippen molar-refractivity contribution >= 4 is 23.5 Å². The Morgan fingerprint density at radius 3 is 2.90 bits per heavy atom. The molecule has 1 aromatic heterocycles. The van der Waals surface area contributed by atoms with Crippen molar-refractivity contribution in [3.63, 3.8) is 0 Å². The second-order valence-corrected chi connectivity index (χ2v) is 4.46. The summed E-state index contributed by atoms with van der Waals surface area (Å²) >= 11 is 1.36. The van der Waals surface area contributed by atoms with Crippen molar-refractivity contribution in [2.24, 2.45) is 5.10 Å². The number of nitrogens with one attached hydrogen (secondary N) is 1. The molecule has 102 valence electrons.